The molecule has 0 saturated carbocycles. The van der Waals surface area contributed by atoms with Crippen LogP contribution in [0.25, 0.3) is 0 Å². The van der Waals surface area contributed by atoms with Gasteiger partial charge < -0.3 is 10.4 Å². The summed E-state index contributed by atoms with van der Waals surface area (Å²) in [6, 6.07) is 10.5. The number of nitrogens with one attached hydrogen (secondary N) is 1. The van der Waals surface area contributed by atoms with E-state index in [1.54, 1.807) is 0 Å². The Morgan fingerprint density at radius 2 is 1.87 bits per heavy atom. The molecule has 1 unspecified atom stereocenters. The molecule has 1 atom stereocenters. The summed E-state index contributed by atoms with van der Waals surface area (Å²) in [6.45, 7) is 5.39. The molecule has 0 bridgehead atoms. The average molecular weight is 207 g/mol. The van der Waals surface area contributed by atoms with Crippen LogP contribution in [0.15, 0.2) is 30.3 Å². The van der Waals surface area contributed by atoms with Crippen molar-refractivity contribution in [3.8, 4) is 0 Å². The molecule has 2 heteroatoms. The quantitative estimate of drug-likeness (QED) is 0.749. The van der Waals surface area contributed by atoms with Crippen LogP contribution in [0.3, 0.4) is 0 Å². The molecule has 0 saturated heterocycles. The fourth-order valence-electron chi connectivity index (χ4n) is 1.65. The second-order valence-corrected chi connectivity index (χ2v) is 4.38. The third-order valence-electron chi connectivity index (χ3n) is 2.41. The van der Waals surface area contributed by atoms with E-state index in [1.165, 1.54) is 5.56 Å². The molecule has 0 spiro atoms. The first-order valence-corrected chi connectivity index (χ1v) is 5.60. The van der Waals surface area contributed by atoms with Crippen molar-refractivity contribution in [3.05, 3.63) is 35.9 Å². The molecular weight excluding hydrogens is 186 g/mol. The molecule has 1 aromatic rings. The third-order valence-corrected chi connectivity index (χ3v) is 2.41. The summed E-state index contributed by atoms with van der Waals surface area (Å²) in [4.78, 5) is 0. The maximum atomic E-state index is 9.19. The van der Waals surface area contributed by atoms with E-state index in [-0.39, 0.29) is 12.6 Å². The molecule has 84 valence electrons. The van der Waals surface area contributed by atoms with Crippen molar-refractivity contribution in [2.75, 3.05) is 6.61 Å². The van der Waals surface area contributed by atoms with Crippen molar-refractivity contribution < 1.29 is 5.11 Å². The van der Waals surface area contributed by atoms with Crippen molar-refractivity contribution in [1.29, 1.82) is 0 Å². The normalized spacial score (nSPS) is 13.1. The van der Waals surface area contributed by atoms with Gasteiger partial charge in [0.05, 0.1) is 6.61 Å². The fourth-order valence-corrected chi connectivity index (χ4v) is 1.65. The van der Waals surface area contributed by atoms with E-state index in [2.05, 4.69) is 31.3 Å². The molecule has 0 aliphatic heterocycles. The Bertz CT molecular complexity index is 258. The van der Waals surface area contributed by atoms with Crippen LogP contribution >= 0.6 is 0 Å². The highest BCUT2D eigenvalue weighted by molar-refractivity contribution is 5.14. The van der Waals surface area contributed by atoms with Crippen LogP contribution in [-0.4, -0.2) is 17.8 Å². The van der Waals surface area contributed by atoms with Gasteiger partial charge in [0.1, 0.15) is 0 Å². The lowest BCUT2D eigenvalue weighted by Gasteiger charge is -2.18. The van der Waals surface area contributed by atoms with Gasteiger partial charge in [-0.15, -0.1) is 0 Å². The highest BCUT2D eigenvalue weighted by atomic mass is 16.3. The number of hydrogen-bond acceptors (Lipinski definition) is 2. The van der Waals surface area contributed by atoms with Gasteiger partial charge in [-0.1, -0.05) is 44.2 Å². The minimum Gasteiger partial charge on any atom is -0.395 e. The summed E-state index contributed by atoms with van der Waals surface area (Å²) in [6.07, 6.45) is 1.02. The Morgan fingerprint density at radius 1 is 1.20 bits per heavy atom. The predicted octanol–water partition coefficient (Wildman–Crippen LogP) is 2.18. The maximum Gasteiger partial charge on any atom is 0.0584 e. The smallest absolute Gasteiger partial charge is 0.0584 e. The Labute approximate surface area is 92.3 Å². The Kier molecular flexibility index (Phi) is 5.37. The van der Waals surface area contributed by atoms with Crippen molar-refractivity contribution in [3.63, 3.8) is 0 Å². The van der Waals surface area contributed by atoms with Crippen LogP contribution < -0.4 is 5.32 Å². The lowest BCUT2D eigenvalue weighted by molar-refractivity contribution is 0.223. The van der Waals surface area contributed by atoms with E-state index < -0.39 is 0 Å². The molecule has 0 fully saturated rings. The van der Waals surface area contributed by atoms with Gasteiger partial charge in [-0.05, 0) is 17.9 Å². The van der Waals surface area contributed by atoms with Gasteiger partial charge in [0.15, 0.2) is 0 Å². The van der Waals surface area contributed by atoms with E-state index >= 15 is 0 Å². The van der Waals surface area contributed by atoms with E-state index in [0.29, 0.717) is 5.92 Å². The lowest BCUT2D eigenvalue weighted by atomic mass is 10.0. The molecule has 0 radical (unpaired) electrons. The summed E-state index contributed by atoms with van der Waals surface area (Å²) in [7, 11) is 0. The lowest BCUT2D eigenvalue weighted by Crippen LogP contribution is -2.33. The Morgan fingerprint density at radius 3 is 2.40 bits per heavy atom. The van der Waals surface area contributed by atoms with Crippen LogP contribution in [0, 0.1) is 5.92 Å². The zero-order valence-electron chi connectivity index (χ0n) is 9.61. The van der Waals surface area contributed by atoms with Gasteiger partial charge in [0, 0.05) is 12.6 Å². The molecule has 2 nitrogen and oxygen atoms in total. The first-order valence-electron chi connectivity index (χ1n) is 5.60. The molecule has 0 heterocycles. The largest absolute Gasteiger partial charge is 0.395 e. The highest BCUT2D eigenvalue weighted by Gasteiger charge is 2.08. The third kappa shape index (κ3) is 4.96. The topological polar surface area (TPSA) is 32.3 Å². The van der Waals surface area contributed by atoms with Crippen molar-refractivity contribution in [2.45, 2.75) is 32.9 Å². The summed E-state index contributed by atoms with van der Waals surface area (Å²) < 4.78 is 0. The van der Waals surface area contributed by atoms with Gasteiger partial charge in [-0.2, -0.15) is 0 Å². The summed E-state index contributed by atoms with van der Waals surface area (Å²) in [5.74, 6) is 0.616. The van der Waals surface area contributed by atoms with E-state index in [0.717, 1.165) is 13.0 Å². The summed E-state index contributed by atoms with van der Waals surface area (Å²) in [5, 5.41) is 12.6. The number of benzene rings is 1. The van der Waals surface area contributed by atoms with Crippen molar-refractivity contribution >= 4 is 0 Å². The first kappa shape index (κ1) is 12.2. The van der Waals surface area contributed by atoms with Gasteiger partial charge in [0.25, 0.3) is 0 Å². The molecular formula is C13H21NO. The molecule has 0 aliphatic rings. The minimum absolute atomic E-state index is 0.213. The Balaban J connectivity index is 2.34. The average Bonchev–Trinajstić information content (AvgIpc) is 2.25. The molecule has 0 aromatic heterocycles. The predicted molar refractivity (Wildman–Crippen MR) is 63.6 cm³/mol. The van der Waals surface area contributed by atoms with E-state index in [9.17, 15) is 5.11 Å². The number of aliphatic hydroxyl groups excluding tert-OH is 1. The number of hydrogen-bond donors (Lipinski definition) is 2. The van der Waals surface area contributed by atoms with Crippen molar-refractivity contribution in [2.24, 2.45) is 5.92 Å². The van der Waals surface area contributed by atoms with Gasteiger partial charge in [0.2, 0.25) is 0 Å². The second-order valence-electron chi connectivity index (χ2n) is 4.38. The van der Waals surface area contributed by atoms with Gasteiger partial charge in [-0.3, -0.25) is 0 Å². The molecule has 1 rings (SSSR count). The molecule has 1 aromatic carbocycles. The standard InChI is InChI=1S/C13H21NO/c1-11(2)8-13(10-15)14-9-12-6-4-3-5-7-12/h3-7,11,13-15H,8-10H2,1-2H3. The van der Waals surface area contributed by atoms with Crippen LogP contribution in [0.2, 0.25) is 0 Å². The van der Waals surface area contributed by atoms with Crippen LogP contribution in [0.4, 0.5) is 0 Å². The molecule has 2 N–H and O–H groups in total. The molecule has 0 amide bonds. The van der Waals surface area contributed by atoms with E-state index in [4.69, 9.17) is 0 Å². The number of aliphatic hydroxyl groups is 1. The number of rotatable bonds is 6. The van der Waals surface area contributed by atoms with E-state index in [1.807, 2.05) is 18.2 Å². The Hall–Kier alpha value is -0.860. The van der Waals surface area contributed by atoms with Gasteiger partial charge in [-0.25, -0.2) is 0 Å². The molecule has 0 aliphatic carbocycles. The fraction of sp³-hybridized carbons (Fsp3) is 0.538. The minimum atomic E-state index is 0.213. The van der Waals surface area contributed by atoms with Crippen LogP contribution in [0.1, 0.15) is 25.8 Å². The zero-order chi connectivity index (χ0) is 11.1. The second kappa shape index (κ2) is 6.59. The first-order chi connectivity index (χ1) is 7.22. The zero-order valence-corrected chi connectivity index (χ0v) is 9.61. The van der Waals surface area contributed by atoms with Crippen LogP contribution in [0.5, 0.6) is 0 Å². The molecule has 15 heavy (non-hydrogen) atoms. The highest BCUT2D eigenvalue weighted by Crippen LogP contribution is 2.05. The monoisotopic (exact) mass is 207 g/mol. The van der Waals surface area contributed by atoms with Crippen LogP contribution in [-0.2, 0) is 6.54 Å². The summed E-state index contributed by atoms with van der Waals surface area (Å²) >= 11 is 0. The maximum absolute atomic E-state index is 9.19. The summed E-state index contributed by atoms with van der Waals surface area (Å²) in [5.41, 5.74) is 1.26. The SMILES string of the molecule is CC(C)CC(CO)NCc1ccccc1. The van der Waals surface area contributed by atoms with Crippen molar-refractivity contribution in [1.82, 2.24) is 5.32 Å². The van der Waals surface area contributed by atoms with Gasteiger partial charge >= 0.3 is 0 Å².